The molecule has 0 unspecified atom stereocenters. The average molecular weight is 443 g/mol. The van der Waals surface area contributed by atoms with Gasteiger partial charge in [-0.2, -0.15) is 0 Å². The Hall–Kier alpha value is -3.82. The van der Waals surface area contributed by atoms with Gasteiger partial charge >= 0.3 is 0 Å². The van der Waals surface area contributed by atoms with Gasteiger partial charge in [-0.25, -0.2) is 0 Å². The Balaban J connectivity index is 1.87. The van der Waals surface area contributed by atoms with Gasteiger partial charge in [-0.05, 0) is 43.7 Å². The van der Waals surface area contributed by atoms with Crippen molar-refractivity contribution < 1.29 is 0 Å². The Labute approximate surface area is 195 Å². The van der Waals surface area contributed by atoms with E-state index in [-0.39, 0.29) is 0 Å². The molecule has 0 aliphatic heterocycles. The van der Waals surface area contributed by atoms with Crippen molar-refractivity contribution in [2.45, 2.75) is 0 Å². The number of hydrogen-bond acceptors (Lipinski definition) is 0. The van der Waals surface area contributed by atoms with Crippen LogP contribution in [0.2, 0.25) is 0 Å². The summed E-state index contributed by atoms with van der Waals surface area (Å²) in [6.45, 7) is 0. The first-order chi connectivity index (χ1) is 16.2. The molecule has 2 nitrogen and oxygen atoms in total. The predicted octanol–water partition coefficient (Wildman–Crippen LogP) is 4.05. The summed E-state index contributed by atoms with van der Waals surface area (Å²) in [4.78, 5) is 0. The van der Waals surface area contributed by atoms with Gasteiger partial charge < -0.3 is 9.13 Å². The first kappa shape index (κ1) is 19.8. The molecule has 0 spiro atoms. The van der Waals surface area contributed by atoms with E-state index < -0.39 is 8.07 Å². The number of aromatic nitrogens is 2. The fraction of sp³-hybridized carbons (Fsp3) is 0.0667. The highest BCUT2D eigenvalue weighted by Crippen LogP contribution is 2.22. The number of aryl methyl sites for hydroxylation is 2. The van der Waals surface area contributed by atoms with Gasteiger partial charge in [-0.1, -0.05) is 97.1 Å². The molecule has 0 bridgehead atoms. The zero-order valence-electron chi connectivity index (χ0n) is 18.9. The van der Waals surface area contributed by atoms with Gasteiger partial charge in [0.25, 0.3) is 0 Å². The van der Waals surface area contributed by atoms with Crippen molar-refractivity contribution in [2.75, 3.05) is 0 Å². The van der Waals surface area contributed by atoms with Gasteiger partial charge in [0.2, 0.25) is 0 Å². The molecule has 0 saturated heterocycles. The Bertz CT molecular complexity index is 1450. The molecular formula is C30H26N2Si. The standard InChI is InChI=1S/C30H26N2Si/c1-31-21-29(25-17-9-11-19-27(25)31)33(23-13-5-3-6-14-23,24-15-7-4-8-16-24)30-22-32(2)28-20-12-10-18-26(28)30/h3-22H,1-2H3. The molecule has 0 N–H and O–H groups in total. The van der Waals surface area contributed by atoms with Crippen molar-refractivity contribution in [1.82, 2.24) is 9.13 Å². The van der Waals surface area contributed by atoms with Crippen LogP contribution in [0.1, 0.15) is 0 Å². The number of benzene rings is 4. The SMILES string of the molecule is Cn1cc([Si](c2ccccc2)(c2ccccc2)c2cn(C)c3ccccc23)c2ccccc21. The van der Waals surface area contributed by atoms with Gasteiger partial charge in [0, 0.05) is 37.5 Å². The molecule has 3 heteroatoms. The van der Waals surface area contributed by atoms with Gasteiger partial charge in [0.1, 0.15) is 0 Å². The lowest BCUT2D eigenvalue weighted by molar-refractivity contribution is 0.970. The lowest BCUT2D eigenvalue weighted by atomic mass is 10.2. The van der Waals surface area contributed by atoms with Crippen LogP contribution in [0.4, 0.5) is 0 Å². The molecular weight excluding hydrogens is 416 g/mol. The van der Waals surface area contributed by atoms with Gasteiger partial charge in [-0.15, -0.1) is 0 Å². The van der Waals surface area contributed by atoms with Crippen molar-refractivity contribution in [1.29, 1.82) is 0 Å². The quantitative estimate of drug-likeness (QED) is 0.365. The summed E-state index contributed by atoms with van der Waals surface area (Å²) in [5, 5.41) is 8.37. The van der Waals surface area contributed by atoms with Crippen LogP contribution in [0.25, 0.3) is 21.8 Å². The predicted molar refractivity (Wildman–Crippen MR) is 143 cm³/mol. The van der Waals surface area contributed by atoms with E-state index in [1.54, 1.807) is 0 Å². The van der Waals surface area contributed by atoms with Crippen LogP contribution in [0.3, 0.4) is 0 Å². The molecule has 0 fully saturated rings. The van der Waals surface area contributed by atoms with Crippen LogP contribution in [0.5, 0.6) is 0 Å². The molecule has 6 aromatic rings. The van der Waals surface area contributed by atoms with Crippen molar-refractivity contribution in [3.05, 3.63) is 122 Å². The number of nitrogens with zero attached hydrogens (tertiary/aromatic N) is 2. The lowest BCUT2D eigenvalue weighted by Gasteiger charge is -2.33. The smallest absolute Gasteiger partial charge is 0.184 e. The molecule has 2 aromatic heterocycles. The third kappa shape index (κ3) is 2.86. The fourth-order valence-corrected chi connectivity index (χ4v) is 10.8. The van der Waals surface area contributed by atoms with Crippen molar-refractivity contribution in [3.8, 4) is 0 Å². The minimum atomic E-state index is -2.63. The monoisotopic (exact) mass is 442 g/mol. The highest BCUT2D eigenvalue weighted by molar-refractivity contribution is 7.21. The largest absolute Gasteiger partial charge is 0.351 e. The van der Waals surface area contributed by atoms with Crippen LogP contribution in [-0.2, 0) is 14.1 Å². The Morgan fingerprint density at radius 3 is 1.24 bits per heavy atom. The Morgan fingerprint density at radius 2 is 0.818 bits per heavy atom. The van der Waals surface area contributed by atoms with Crippen LogP contribution in [0, 0.1) is 0 Å². The number of rotatable bonds is 4. The average Bonchev–Trinajstić information content (AvgIpc) is 3.39. The maximum Gasteiger partial charge on any atom is 0.184 e. The fourth-order valence-electron chi connectivity index (χ4n) is 5.59. The van der Waals surface area contributed by atoms with Crippen molar-refractivity contribution >= 4 is 50.6 Å². The maximum atomic E-state index is 2.39. The number of fused-ring (bicyclic) bond motifs is 2. The van der Waals surface area contributed by atoms with Gasteiger partial charge in [-0.3, -0.25) is 0 Å². The summed E-state index contributed by atoms with van der Waals surface area (Å²) in [5.74, 6) is 0. The van der Waals surface area contributed by atoms with E-state index in [4.69, 9.17) is 0 Å². The Kier molecular flexibility index (Phi) is 4.59. The van der Waals surface area contributed by atoms with Crippen LogP contribution < -0.4 is 20.7 Å². The van der Waals surface area contributed by atoms with Crippen molar-refractivity contribution in [2.24, 2.45) is 14.1 Å². The molecule has 0 atom stereocenters. The Morgan fingerprint density at radius 1 is 0.455 bits per heavy atom. The third-order valence-electron chi connectivity index (χ3n) is 7.02. The summed E-state index contributed by atoms with van der Waals surface area (Å²) in [6.07, 6.45) is 4.78. The zero-order valence-corrected chi connectivity index (χ0v) is 19.9. The summed E-state index contributed by atoms with van der Waals surface area (Å²) in [6, 6.07) is 40.0. The van der Waals surface area contributed by atoms with Gasteiger partial charge in [0.15, 0.2) is 8.07 Å². The summed E-state index contributed by atoms with van der Waals surface area (Å²) in [5.41, 5.74) is 2.55. The van der Waals surface area contributed by atoms with Crippen molar-refractivity contribution in [3.63, 3.8) is 0 Å². The molecule has 0 saturated carbocycles. The first-order valence-corrected chi connectivity index (χ1v) is 13.4. The van der Waals surface area contributed by atoms with Crippen LogP contribution in [0.15, 0.2) is 122 Å². The van der Waals surface area contributed by atoms with E-state index in [1.807, 2.05) is 0 Å². The molecule has 0 amide bonds. The topological polar surface area (TPSA) is 9.86 Å². The van der Waals surface area contributed by atoms with E-state index in [0.29, 0.717) is 0 Å². The minimum absolute atomic E-state index is 1.27. The van der Waals surface area contributed by atoms with E-state index >= 15 is 0 Å². The molecule has 160 valence electrons. The lowest BCUT2D eigenvalue weighted by Crippen LogP contribution is -2.74. The summed E-state index contributed by atoms with van der Waals surface area (Å²) < 4.78 is 4.59. The molecule has 6 rings (SSSR count). The van der Waals surface area contributed by atoms with E-state index in [2.05, 4.69) is 145 Å². The zero-order chi connectivity index (χ0) is 22.4. The second-order valence-corrected chi connectivity index (χ2v) is 12.6. The summed E-state index contributed by atoms with van der Waals surface area (Å²) in [7, 11) is 1.71. The van der Waals surface area contributed by atoms with Crippen LogP contribution in [-0.4, -0.2) is 17.2 Å². The highest BCUT2D eigenvalue weighted by atomic mass is 28.3. The normalized spacial score (nSPS) is 11.9. The molecule has 0 radical (unpaired) electrons. The first-order valence-electron chi connectivity index (χ1n) is 11.4. The second-order valence-electron chi connectivity index (χ2n) is 8.82. The number of hydrogen-bond donors (Lipinski definition) is 0. The second kappa shape index (κ2) is 7.64. The maximum absolute atomic E-state index is 2.63. The summed E-state index contributed by atoms with van der Waals surface area (Å²) >= 11 is 0. The molecule has 0 aliphatic rings. The van der Waals surface area contributed by atoms with Crippen LogP contribution >= 0.6 is 0 Å². The molecule has 2 heterocycles. The molecule has 4 aromatic carbocycles. The highest BCUT2D eigenvalue weighted by Gasteiger charge is 2.45. The van der Waals surface area contributed by atoms with E-state index in [1.165, 1.54) is 42.6 Å². The molecule has 0 aliphatic carbocycles. The van der Waals surface area contributed by atoms with Gasteiger partial charge in [0.05, 0.1) is 0 Å². The minimum Gasteiger partial charge on any atom is -0.351 e. The van der Waals surface area contributed by atoms with E-state index in [9.17, 15) is 0 Å². The number of para-hydroxylation sites is 2. The molecule has 33 heavy (non-hydrogen) atoms. The van der Waals surface area contributed by atoms with E-state index in [0.717, 1.165) is 0 Å². The third-order valence-corrected chi connectivity index (χ3v) is 11.8.